The number of carbonyl (C=O) groups is 1. The number of nitrogens with one attached hydrogen (secondary N) is 1. The van der Waals surface area contributed by atoms with E-state index in [-0.39, 0.29) is 41.7 Å². The number of aromatic nitrogens is 2. The van der Waals surface area contributed by atoms with Gasteiger partial charge in [0.2, 0.25) is 6.17 Å². The molecule has 3 rings (SSSR count). The van der Waals surface area contributed by atoms with Crippen molar-refractivity contribution < 1.29 is 41.3 Å². The van der Waals surface area contributed by atoms with E-state index in [0.29, 0.717) is 6.92 Å². The van der Waals surface area contributed by atoms with Gasteiger partial charge in [-0.1, -0.05) is 18.2 Å². The topological polar surface area (TPSA) is 91.8 Å². The van der Waals surface area contributed by atoms with Crippen LogP contribution in [0.15, 0.2) is 18.2 Å². The Bertz CT molecular complexity index is 1010. The zero-order chi connectivity index (χ0) is 24.3. The van der Waals surface area contributed by atoms with Gasteiger partial charge in [-0.15, -0.1) is 0 Å². The second kappa shape index (κ2) is 9.98. The fourth-order valence-electron chi connectivity index (χ4n) is 3.36. The lowest BCUT2D eigenvalue weighted by Crippen LogP contribution is -2.23. The molecule has 1 N–H and O–H groups in total. The minimum absolute atomic E-state index is 0.0598. The lowest BCUT2D eigenvalue weighted by atomic mass is 10.0. The van der Waals surface area contributed by atoms with Gasteiger partial charge >= 0.3 is 5.97 Å². The molecular formula is C21H23F4N3O5. The minimum atomic E-state index is -3.43. The maximum atomic E-state index is 14.9. The largest absolute Gasteiger partial charge is 0.467 e. The van der Waals surface area contributed by atoms with Crippen LogP contribution in [0.2, 0.25) is 0 Å². The molecule has 2 unspecified atom stereocenters. The summed E-state index contributed by atoms with van der Waals surface area (Å²) < 4.78 is 78.2. The maximum absolute atomic E-state index is 14.9. The molecule has 0 aliphatic carbocycles. The third-order valence-corrected chi connectivity index (χ3v) is 4.88. The first-order valence-corrected chi connectivity index (χ1v) is 9.88. The summed E-state index contributed by atoms with van der Waals surface area (Å²) in [5.41, 5.74) is -1.48. The van der Waals surface area contributed by atoms with Crippen LogP contribution in [0.3, 0.4) is 0 Å². The van der Waals surface area contributed by atoms with E-state index in [1.54, 1.807) is 0 Å². The predicted molar refractivity (Wildman–Crippen MR) is 107 cm³/mol. The Morgan fingerprint density at radius 3 is 2.48 bits per heavy atom. The van der Waals surface area contributed by atoms with Gasteiger partial charge in [0.1, 0.15) is 23.2 Å². The van der Waals surface area contributed by atoms with Crippen molar-refractivity contribution in [2.24, 2.45) is 0 Å². The number of benzene rings is 1. The average Bonchev–Trinajstić information content (AvgIpc) is 3.30. The molecule has 2 aromatic rings. The van der Waals surface area contributed by atoms with Crippen molar-refractivity contribution in [1.82, 2.24) is 9.97 Å². The molecular weight excluding hydrogens is 450 g/mol. The van der Waals surface area contributed by atoms with Gasteiger partial charge in [0.05, 0.1) is 31.5 Å². The molecule has 1 aromatic heterocycles. The number of nitrogens with zero attached hydrogens (tertiary/aromatic N) is 2. The highest BCUT2D eigenvalue weighted by Gasteiger charge is 2.36. The zero-order valence-electron chi connectivity index (χ0n) is 18.3. The molecule has 0 bridgehead atoms. The first kappa shape index (κ1) is 24.8. The van der Waals surface area contributed by atoms with Crippen molar-refractivity contribution in [3.05, 3.63) is 52.2 Å². The van der Waals surface area contributed by atoms with Crippen LogP contribution in [0, 0.1) is 12.7 Å². The van der Waals surface area contributed by atoms with Crippen LogP contribution >= 0.6 is 0 Å². The Labute approximate surface area is 187 Å². The fraction of sp³-hybridized carbons (Fsp3) is 0.476. The van der Waals surface area contributed by atoms with Crippen LogP contribution < -0.4 is 5.32 Å². The predicted octanol–water partition coefficient (Wildman–Crippen LogP) is 4.02. The Hall–Kier alpha value is -2.83. The number of alkyl halides is 3. The van der Waals surface area contributed by atoms with Crippen molar-refractivity contribution in [3.8, 4) is 0 Å². The van der Waals surface area contributed by atoms with Crippen molar-refractivity contribution in [1.29, 1.82) is 0 Å². The van der Waals surface area contributed by atoms with Gasteiger partial charge in [-0.3, -0.25) is 0 Å². The molecule has 0 saturated carbocycles. The number of anilines is 1. The molecule has 2 atom stereocenters. The summed E-state index contributed by atoms with van der Waals surface area (Å²) in [6.45, 7) is 2.39. The van der Waals surface area contributed by atoms with Gasteiger partial charge in [-0.05, 0) is 6.92 Å². The van der Waals surface area contributed by atoms with Crippen LogP contribution in [0.4, 0.5) is 23.4 Å². The van der Waals surface area contributed by atoms with E-state index in [2.05, 4.69) is 20.0 Å². The number of ether oxygens (including phenoxy) is 4. The van der Waals surface area contributed by atoms with E-state index < -0.39 is 42.0 Å². The molecule has 1 aliphatic rings. The van der Waals surface area contributed by atoms with E-state index >= 15 is 0 Å². The van der Waals surface area contributed by atoms with E-state index in [0.717, 1.165) is 13.2 Å². The normalized spacial score (nSPS) is 16.5. The fourth-order valence-corrected chi connectivity index (χ4v) is 3.36. The summed E-state index contributed by atoms with van der Waals surface area (Å²) in [4.78, 5) is 20.1. The molecule has 8 nitrogen and oxygen atoms in total. The zero-order valence-corrected chi connectivity index (χ0v) is 18.3. The lowest BCUT2D eigenvalue weighted by Gasteiger charge is -2.25. The monoisotopic (exact) mass is 473 g/mol. The summed E-state index contributed by atoms with van der Waals surface area (Å²) in [5.74, 6) is -5.84. The van der Waals surface area contributed by atoms with Crippen LogP contribution in [-0.4, -0.2) is 43.4 Å². The van der Waals surface area contributed by atoms with E-state index in [9.17, 15) is 22.4 Å². The SMILES string of the molecule is COC(=O)C(F)c1nc(C)nc(NC(OC)c2cccc(C(C)(F)F)c2F)c1C1OCCO1. The Morgan fingerprint density at radius 2 is 1.91 bits per heavy atom. The maximum Gasteiger partial charge on any atom is 0.346 e. The first-order chi connectivity index (χ1) is 15.6. The van der Waals surface area contributed by atoms with Crippen molar-refractivity contribution in [2.75, 3.05) is 32.8 Å². The second-order valence-electron chi connectivity index (χ2n) is 7.23. The molecule has 2 heterocycles. The van der Waals surface area contributed by atoms with Crippen molar-refractivity contribution in [2.45, 2.75) is 38.5 Å². The van der Waals surface area contributed by atoms with Gasteiger partial charge in [0, 0.05) is 19.6 Å². The van der Waals surface area contributed by atoms with Crippen LogP contribution in [0.1, 0.15) is 53.8 Å². The van der Waals surface area contributed by atoms with Crippen LogP contribution in [0.5, 0.6) is 0 Å². The summed E-state index contributed by atoms with van der Waals surface area (Å²) in [7, 11) is 2.24. The number of rotatable bonds is 8. The van der Waals surface area contributed by atoms with Crippen LogP contribution in [0.25, 0.3) is 0 Å². The number of halogens is 4. The van der Waals surface area contributed by atoms with Gasteiger partial charge in [-0.25, -0.2) is 32.3 Å². The van der Waals surface area contributed by atoms with Crippen molar-refractivity contribution >= 4 is 11.8 Å². The van der Waals surface area contributed by atoms with Gasteiger partial charge in [-0.2, -0.15) is 0 Å². The van der Waals surface area contributed by atoms with E-state index in [1.807, 2.05) is 0 Å². The summed E-state index contributed by atoms with van der Waals surface area (Å²) in [6, 6.07) is 3.48. The Kier molecular flexibility index (Phi) is 7.50. The Morgan fingerprint density at radius 1 is 1.24 bits per heavy atom. The molecule has 0 radical (unpaired) electrons. The highest BCUT2D eigenvalue weighted by molar-refractivity contribution is 5.76. The highest BCUT2D eigenvalue weighted by Crippen LogP contribution is 2.38. The van der Waals surface area contributed by atoms with E-state index in [4.69, 9.17) is 14.2 Å². The smallest absolute Gasteiger partial charge is 0.346 e. The Balaban J connectivity index is 2.10. The molecule has 0 amide bonds. The number of hydrogen-bond acceptors (Lipinski definition) is 8. The molecule has 12 heteroatoms. The van der Waals surface area contributed by atoms with Crippen molar-refractivity contribution in [3.63, 3.8) is 0 Å². The number of hydrogen-bond donors (Lipinski definition) is 1. The van der Waals surface area contributed by atoms with E-state index in [1.165, 1.54) is 26.2 Å². The van der Waals surface area contributed by atoms with Gasteiger partial charge in [0.15, 0.2) is 12.5 Å². The standard InChI is InChI=1S/C21H23F4N3O5/c1-10-26-16(15(23)19(29)31-4)13(20-32-8-9-33-20)17(27-10)28-18(30-3)11-6-5-7-12(14(11)22)21(2,24)25/h5-7,15,18,20H,8-9H2,1-4H3,(H,26,27,28). The quantitative estimate of drug-likeness (QED) is 0.349. The molecule has 180 valence electrons. The van der Waals surface area contributed by atoms with Gasteiger partial charge in [0.25, 0.3) is 5.92 Å². The summed E-state index contributed by atoms with van der Waals surface area (Å²) >= 11 is 0. The molecule has 1 saturated heterocycles. The second-order valence-corrected chi connectivity index (χ2v) is 7.23. The molecule has 1 aliphatic heterocycles. The highest BCUT2D eigenvalue weighted by atomic mass is 19.3. The summed E-state index contributed by atoms with van der Waals surface area (Å²) in [6.07, 6.45) is -4.75. The third-order valence-electron chi connectivity index (χ3n) is 4.88. The number of aryl methyl sites for hydroxylation is 1. The summed E-state index contributed by atoms with van der Waals surface area (Å²) in [5, 5.41) is 2.77. The first-order valence-electron chi connectivity index (χ1n) is 9.88. The number of methoxy groups -OCH3 is 2. The molecule has 1 fully saturated rings. The van der Waals surface area contributed by atoms with Crippen LogP contribution in [-0.2, 0) is 29.7 Å². The molecule has 1 aromatic carbocycles. The number of carbonyl (C=O) groups excluding carboxylic acids is 1. The van der Waals surface area contributed by atoms with Gasteiger partial charge < -0.3 is 24.3 Å². The lowest BCUT2D eigenvalue weighted by molar-refractivity contribution is -0.147. The number of esters is 1. The average molecular weight is 473 g/mol. The molecule has 0 spiro atoms. The third kappa shape index (κ3) is 5.23. The molecule has 33 heavy (non-hydrogen) atoms. The minimum Gasteiger partial charge on any atom is -0.467 e.